The van der Waals surface area contributed by atoms with Gasteiger partial charge in [-0.25, -0.2) is 9.97 Å². The third-order valence-corrected chi connectivity index (χ3v) is 4.39. The predicted molar refractivity (Wildman–Crippen MR) is 97.8 cm³/mol. The van der Waals surface area contributed by atoms with Crippen LogP contribution in [0.4, 0.5) is 11.6 Å². The lowest BCUT2D eigenvalue weighted by molar-refractivity contribution is 0.336. The monoisotopic (exact) mass is 326 g/mol. The third kappa shape index (κ3) is 3.96. The molecule has 1 fully saturated rings. The fourth-order valence-electron chi connectivity index (χ4n) is 3.11. The van der Waals surface area contributed by atoms with E-state index in [0.717, 1.165) is 37.0 Å². The van der Waals surface area contributed by atoms with Crippen molar-refractivity contribution in [2.24, 2.45) is 0 Å². The van der Waals surface area contributed by atoms with Gasteiger partial charge in [0.2, 0.25) is 0 Å². The van der Waals surface area contributed by atoms with Gasteiger partial charge in [-0.1, -0.05) is 18.2 Å². The van der Waals surface area contributed by atoms with Crippen LogP contribution in [-0.2, 0) is 6.54 Å². The Morgan fingerprint density at radius 3 is 2.71 bits per heavy atom. The molecule has 128 valence electrons. The highest BCUT2D eigenvalue weighted by Gasteiger charge is 2.14. The molecule has 1 saturated heterocycles. The number of hydrogen-bond donors (Lipinski definition) is 0. The number of benzene rings is 1. The smallest absolute Gasteiger partial charge is 0.134 e. The van der Waals surface area contributed by atoms with Gasteiger partial charge in [0.15, 0.2) is 0 Å². The van der Waals surface area contributed by atoms with E-state index in [4.69, 9.17) is 4.74 Å². The van der Waals surface area contributed by atoms with Crippen molar-refractivity contribution in [3.05, 3.63) is 42.2 Å². The van der Waals surface area contributed by atoms with Crippen molar-refractivity contribution in [2.45, 2.75) is 32.7 Å². The Bertz CT molecular complexity index is 655. The van der Waals surface area contributed by atoms with Gasteiger partial charge < -0.3 is 14.5 Å². The summed E-state index contributed by atoms with van der Waals surface area (Å²) in [5, 5.41) is 0. The molecule has 0 saturated carbocycles. The van der Waals surface area contributed by atoms with Crippen LogP contribution in [-0.4, -0.2) is 36.7 Å². The van der Waals surface area contributed by atoms with Crippen LogP contribution < -0.4 is 14.5 Å². The molecule has 2 heterocycles. The van der Waals surface area contributed by atoms with Gasteiger partial charge in [-0.05, 0) is 32.3 Å². The molecule has 3 rings (SSSR count). The van der Waals surface area contributed by atoms with Gasteiger partial charge in [0.25, 0.3) is 0 Å². The van der Waals surface area contributed by atoms with Crippen LogP contribution in [0.1, 0.15) is 31.7 Å². The van der Waals surface area contributed by atoms with Crippen LogP contribution >= 0.6 is 0 Å². The Kier molecular flexibility index (Phi) is 5.51. The minimum atomic E-state index is 0.674. The summed E-state index contributed by atoms with van der Waals surface area (Å²) in [6.07, 6.45) is 5.49. The van der Waals surface area contributed by atoms with E-state index in [1.54, 1.807) is 6.33 Å². The average Bonchev–Trinajstić information content (AvgIpc) is 2.64. The Labute approximate surface area is 144 Å². The molecule has 5 heteroatoms. The molecule has 0 unspecified atom stereocenters. The standard InChI is InChI=1S/C19H26N4O/c1-3-24-17-10-6-5-9-16(17)14-22(2)18-13-19(21-15-20-18)23-11-7-4-8-12-23/h5-6,9-10,13,15H,3-4,7-8,11-12,14H2,1-2H3. The Balaban J connectivity index is 1.74. The van der Waals surface area contributed by atoms with Gasteiger partial charge >= 0.3 is 0 Å². The van der Waals surface area contributed by atoms with E-state index in [1.165, 1.54) is 24.8 Å². The number of ether oxygens (including phenoxy) is 1. The van der Waals surface area contributed by atoms with Crippen LogP contribution in [0.25, 0.3) is 0 Å². The van der Waals surface area contributed by atoms with Crippen LogP contribution in [0.15, 0.2) is 36.7 Å². The normalized spacial score (nSPS) is 14.5. The fraction of sp³-hybridized carbons (Fsp3) is 0.474. The second kappa shape index (κ2) is 7.99. The summed E-state index contributed by atoms with van der Waals surface area (Å²) in [4.78, 5) is 13.4. The first-order valence-corrected chi connectivity index (χ1v) is 8.76. The molecule has 0 amide bonds. The van der Waals surface area contributed by atoms with Crippen LogP contribution in [0.2, 0.25) is 0 Å². The second-order valence-electron chi connectivity index (χ2n) is 6.18. The van der Waals surface area contributed by atoms with Crippen molar-refractivity contribution in [3.63, 3.8) is 0 Å². The molecule has 0 atom stereocenters. The Morgan fingerprint density at radius 1 is 1.12 bits per heavy atom. The van der Waals surface area contributed by atoms with Gasteiger partial charge in [-0.15, -0.1) is 0 Å². The number of para-hydroxylation sites is 1. The van der Waals surface area contributed by atoms with Crippen LogP contribution in [0.3, 0.4) is 0 Å². The van der Waals surface area contributed by atoms with Gasteiger partial charge in [0.1, 0.15) is 23.7 Å². The predicted octanol–water partition coefficient (Wildman–Crippen LogP) is 3.50. The molecule has 1 aromatic carbocycles. The van der Waals surface area contributed by atoms with Gasteiger partial charge in [0, 0.05) is 38.3 Å². The lowest BCUT2D eigenvalue weighted by Crippen LogP contribution is -2.30. The van der Waals surface area contributed by atoms with Crippen molar-refractivity contribution < 1.29 is 4.74 Å². The summed E-state index contributed by atoms with van der Waals surface area (Å²) in [7, 11) is 2.06. The molecular weight excluding hydrogens is 300 g/mol. The molecule has 1 aliphatic rings. The molecule has 0 radical (unpaired) electrons. The molecule has 0 bridgehead atoms. The number of piperidine rings is 1. The SMILES string of the molecule is CCOc1ccccc1CN(C)c1cc(N2CCCCC2)ncn1. The summed E-state index contributed by atoms with van der Waals surface area (Å²) in [6.45, 7) is 5.62. The summed E-state index contributed by atoms with van der Waals surface area (Å²) < 4.78 is 5.73. The van der Waals surface area contributed by atoms with Crippen molar-refractivity contribution >= 4 is 11.6 Å². The molecule has 0 aliphatic carbocycles. The fourth-order valence-corrected chi connectivity index (χ4v) is 3.11. The molecule has 0 spiro atoms. The highest BCUT2D eigenvalue weighted by Crippen LogP contribution is 2.24. The molecule has 1 aliphatic heterocycles. The molecule has 0 N–H and O–H groups in total. The minimum absolute atomic E-state index is 0.674. The lowest BCUT2D eigenvalue weighted by Gasteiger charge is -2.28. The summed E-state index contributed by atoms with van der Waals surface area (Å²) >= 11 is 0. The van der Waals surface area contributed by atoms with Gasteiger partial charge in [-0.2, -0.15) is 0 Å². The van der Waals surface area contributed by atoms with Crippen molar-refractivity contribution in [3.8, 4) is 5.75 Å². The summed E-state index contributed by atoms with van der Waals surface area (Å²) in [5.41, 5.74) is 1.17. The summed E-state index contributed by atoms with van der Waals surface area (Å²) in [5.74, 6) is 2.92. The van der Waals surface area contributed by atoms with Crippen molar-refractivity contribution in [1.29, 1.82) is 0 Å². The molecule has 1 aromatic heterocycles. The molecule has 2 aromatic rings. The number of hydrogen-bond acceptors (Lipinski definition) is 5. The van der Waals surface area contributed by atoms with Crippen molar-refractivity contribution in [1.82, 2.24) is 9.97 Å². The number of rotatable bonds is 6. The largest absolute Gasteiger partial charge is 0.494 e. The zero-order chi connectivity index (χ0) is 16.8. The van der Waals surface area contributed by atoms with Gasteiger partial charge in [0.05, 0.1) is 6.61 Å². The first-order valence-electron chi connectivity index (χ1n) is 8.76. The minimum Gasteiger partial charge on any atom is -0.494 e. The van der Waals surface area contributed by atoms with E-state index in [9.17, 15) is 0 Å². The maximum Gasteiger partial charge on any atom is 0.134 e. The van der Waals surface area contributed by atoms with Gasteiger partial charge in [-0.3, -0.25) is 0 Å². The molecule has 24 heavy (non-hydrogen) atoms. The summed E-state index contributed by atoms with van der Waals surface area (Å²) in [6, 6.07) is 10.3. The third-order valence-electron chi connectivity index (χ3n) is 4.39. The van der Waals surface area contributed by atoms with Crippen LogP contribution in [0.5, 0.6) is 5.75 Å². The Morgan fingerprint density at radius 2 is 1.92 bits per heavy atom. The number of nitrogens with zero attached hydrogens (tertiary/aromatic N) is 4. The first-order chi connectivity index (χ1) is 11.8. The van der Waals surface area contributed by atoms with Crippen LogP contribution in [0, 0.1) is 0 Å². The highest BCUT2D eigenvalue weighted by molar-refractivity contribution is 5.50. The highest BCUT2D eigenvalue weighted by atomic mass is 16.5. The van der Waals surface area contributed by atoms with E-state index in [-0.39, 0.29) is 0 Å². The zero-order valence-electron chi connectivity index (χ0n) is 14.6. The topological polar surface area (TPSA) is 41.5 Å². The van der Waals surface area contributed by atoms with E-state index in [1.807, 2.05) is 25.1 Å². The zero-order valence-corrected chi connectivity index (χ0v) is 14.6. The van der Waals surface area contributed by atoms with E-state index in [0.29, 0.717) is 6.61 Å². The maximum atomic E-state index is 5.73. The number of anilines is 2. The second-order valence-corrected chi connectivity index (χ2v) is 6.18. The number of aromatic nitrogens is 2. The van der Waals surface area contributed by atoms with E-state index < -0.39 is 0 Å². The molecular formula is C19H26N4O. The Hall–Kier alpha value is -2.30. The quantitative estimate of drug-likeness (QED) is 0.812. The van der Waals surface area contributed by atoms with Crippen molar-refractivity contribution in [2.75, 3.05) is 36.5 Å². The van der Waals surface area contributed by atoms with E-state index in [2.05, 4.69) is 38.9 Å². The lowest BCUT2D eigenvalue weighted by atomic mass is 10.1. The maximum absolute atomic E-state index is 5.73. The van der Waals surface area contributed by atoms with E-state index >= 15 is 0 Å². The molecule has 5 nitrogen and oxygen atoms in total. The first kappa shape index (κ1) is 16.6. The average molecular weight is 326 g/mol.